The van der Waals surface area contributed by atoms with Crippen LogP contribution >= 0.6 is 11.3 Å². The number of carbonyl (C=O) groups is 1. The van der Waals surface area contributed by atoms with E-state index in [2.05, 4.69) is 18.4 Å². The number of hydrogen-bond acceptors (Lipinski definition) is 3. The monoisotopic (exact) mass is 275 g/mol. The SMILES string of the molecule is CCc1ccc(C(=O)N2CCc3sccc3[C@H]2C)o1. The third kappa shape index (κ3) is 2.10. The minimum atomic E-state index is 0.00375. The summed E-state index contributed by atoms with van der Waals surface area (Å²) in [5.41, 5.74) is 1.28. The number of nitrogens with zero attached hydrogens (tertiary/aromatic N) is 1. The van der Waals surface area contributed by atoms with Gasteiger partial charge in [0.25, 0.3) is 5.91 Å². The lowest BCUT2D eigenvalue weighted by atomic mass is 10.0. The average Bonchev–Trinajstić information content (AvgIpc) is 3.07. The highest BCUT2D eigenvalue weighted by Crippen LogP contribution is 2.33. The van der Waals surface area contributed by atoms with Crippen molar-refractivity contribution in [3.63, 3.8) is 0 Å². The number of carbonyl (C=O) groups excluding carboxylic acids is 1. The zero-order valence-electron chi connectivity index (χ0n) is 11.2. The van der Waals surface area contributed by atoms with Crippen molar-refractivity contribution in [2.75, 3.05) is 6.54 Å². The Balaban J connectivity index is 1.85. The molecule has 1 amide bonds. The van der Waals surface area contributed by atoms with E-state index >= 15 is 0 Å². The Hall–Kier alpha value is -1.55. The Morgan fingerprint density at radius 3 is 3.05 bits per heavy atom. The van der Waals surface area contributed by atoms with Gasteiger partial charge in [-0.05, 0) is 42.5 Å². The van der Waals surface area contributed by atoms with E-state index in [1.165, 1.54) is 10.4 Å². The van der Waals surface area contributed by atoms with Gasteiger partial charge in [-0.3, -0.25) is 4.79 Å². The summed E-state index contributed by atoms with van der Waals surface area (Å²) in [6.45, 7) is 4.89. The van der Waals surface area contributed by atoms with Gasteiger partial charge < -0.3 is 9.32 Å². The Labute approximate surface area is 116 Å². The predicted molar refractivity (Wildman–Crippen MR) is 75.6 cm³/mol. The summed E-state index contributed by atoms with van der Waals surface area (Å²) in [6.07, 6.45) is 1.77. The second-order valence-corrected chi connectivity index (χ2v) is 5.84. The first-order chi connectivity index (χ1) is 9.20. The summed E-state index contributed by atoms with van der Waals surface area (Å²) >= 11 is 1.79. The minimum Gasteiger partial charge on any atom is -0.456 e. The average molecular weight is 275 g/mol. The largest absolute Gasteiger partial charge is 0.456 e. The van der Waals surface area contributed by atoms with E-state index < -0.39 is 0 Å². The van der Waals surface area contributed by atoms with Gasteiger partial charge in [-0.25, -0.2) is 0 Å². The molecule has 1 atom stereocenters. The van der Waals surface area contributed by atoms with Crippen molar-refractivity contribution in [1.29, 1.82) is 0 Å². The van der Waals surface area contributed by atoms with Crippen molar-refractivity contribution >= 4 is 17.2 Å². The van der Waals surface area contributed by atoms with Crippen LogP contribution in [-0.2, 0) is 12.8 Å². The van der Waals surface area contributed by atoms with Crippen molar-refractivity contribution in [1.82, 2.24) is 4.90 Å². The summed E-state index contributed by atoms with van der Waals surface area (Å²) < 4.78 is 5.58. The van der Waals surface area contributed by atoms with Gasteiger partial charge in [-0.1, -0.05) is 6.92 Å². The van der Waals surface area contributed by atoms with E-state index in [0.717, 1.165) is 25.1 Å². The summed E-state index contributed by atoms with van der Waals surface area (Å²) in [7, 11) is 0. The predicted octanol–water partition coefficient (Wildman–Crippen LogP) is 3.66. The van der Waals surface area contributed by atoms with Crippen LogP contribution in [0.15, 0.2) is 28.0 Å². The van der Waals surface area contributed by atoms with Crippen LogP contribution in [0.4, 0.5) is 0 Å². The standard InChI is InChI=1S/C15H17NO2S/c1-3-11-4-5-13(18-11)15(17)16-8-6-14-12(10(16)2)7-9-19-14/h4-5,7,9-10H,3,6,8H2,1-2H3/t10-/m1/s1. The third-order valence-corrected chi connectivity index (χ3v) is 4.76. The smallest absolute Gasteiger partial charge is 0.290 e. The molecule has 0 saturated heterocycles. The van der Waals surface area contributed by atoms with Crippen LogP contribution < -0.4 is 0 Å². The van der Waals surface area contributed by atoms with Gasteiger partial charge in [0.1, 0.15) is 5.76 Å². The molecular formula is C15H17NO2S. The molecule has 3 nitrogen and oxygen atoms in total. The van der Waals surface area contributed by atoms with Crippen molar-refractivity contribution in [2.45, 2.75) is 32.7 Å². The van der Waals surface area contributed by atoms with Gasteiger partial charge in [0.15, 0.2) is 5.76 Å². The second-order valence-electron chi connectivity index (χ2n) is 4.84. The van der Waals surface area contributed by atoms with Crippen molar-refractivity contribution < 1.29 is 9.21 Å². The van der Waals surface area contributed by atoms with Crippen molar-refractivity contribution in [3.8, 4) is 0 Å². The van der Waals surface area contributed by atoms with Crippen molar-refractivity contribution in [3.05, 3.63) is 45.5 Å². The number of aryl methyl sites for hydroxylation is 1. The minimum absolute atomic E-state index is 0.00375. The summed E-state index contributed by atoms with van der Waals surface area (Å²) in [6, 6.07) is 5.94. The first-order valence-electron chi connectivity index (χ1n) is 6.66. The molecule has 0 bridgehead atoms. The number of thiophene rings is 1. The highest BCUT2D eigenvalue weighted by Gasteiger charge is 2.30. The molecule has 2 aromatic heterocycles. The molecule has 3 heterocycles. The molecule has 0 N–H and O–H groups in total. The summed E-state index contributed by atoms with van der Waals surface area (Å²) in [4.78, 5) is 15.8. The fourth-order valence-corrected chi connectivity index (χ4v) is 3.57. The Morgan fingerprint density at radius 1 is 1.47 bits per heavy atom. The molecule has 2 aromatic rings. The van der Waals surface area contributed by atoms with E-state index in [1.807, 2.05) is 17.9 Å². The van der Waals surface area contributed by atoms with E-state index in [4.69, 9.17) is 4.42 Å². The van der Waals surface area contributed by atoms with Gasteiger partial charge in [-0.2, -0.15) is 0 Å². The van der Waals surface area contributed by atoms with Gasteiger partial charge >= 0.3 is 0 Å². The lowest BCUT2D eigenvalue weighted by Crippen LogP contribution is -2.38. The zero-order chi connectivity index (χ0) is 13.4. The molecule has 4 heteroatoms. The molecule has 1 aliphatic heterocycles. The van der Waals surface area contributed by atoms with E-state index in [9.17, 15) is 4.79 Å². The molecule has 0 aromatic carbocycles. The van der Waals surface area contributed by atoms with Crippen LogP contribution in [0.1, 0.15) is 46.6 Å². The normalized spacial score (nSPS) is 18.4. The number of hydrogen-bond donors (Lipinski definition) is 0. The van der Waals surface area contributed by atoms with Crippen LogP contribution in [0.5, 0.6) is 0 Å². The Bertz CT molecular complexity index is 599. The van der Waals surface area contributed by atoms with Gasteiger partial charge in [0.2, 0.25) is 0 Å². The van der Waals surface area contributed by atoms with E-state index in [1.54, 1.807) is 17.4 Å². The maximum Gasteiger partial charge on any atom is 0.290 e. The lowest BCUT2D eigenvalue weighted by molar-refractivity contribution is 0.0645. The van der Waals surface area contributed by atoms with E-state index in [-0.39, 0.29) is 11.9 Å². The van der Waals surface area contributed by atoms with Crippen LogP contribution in [-0.4, -0.2) is 17.4 Å². The quantitative estimate of drug-likeness (QED) is 0.838. The number of furan rings is 1. The molecule has 0 aliphatic carbocycles. The van der Waals surface area contributed by atoms with Crippen LogP contribution in [0.25, 0.3) is 0 Å². The molecule has 0 saturated carbocycles. The Morgan fingerprint density at radius 2 is 2.32 bits per heavy atom. The first-order valence-corrected chi connectivity index (χ1v) is 7.54. The van der Waals surface area contributed by atoms with Gasteiger partial charge in [0, 0.05) is 17.8 Å². The maximum atomic E-state index is 12.5. The fraction of sp³-hybridized carbons (Fsp3) is 0.400. The molecule has 0 radical (unpaired) electrons. The lowest BCUT2D eigenvalue weighted by Gasteiger charge is -2.33. The van der Waals surface area contributed by atoms with Crippen molar-refractivity contribution in [2.24, 2.45) is 0 Å². The molecule has 3 rings (SSSR count). The highest BCUT2D eigenvalue weighted by atomic mass is 32.1. The molecule has 100 valence electrons. The van der Waals surface area contributed by atoms with Crippen LogP contribution in [0.3, 0.4) is 0 Å². The molecule has 0 unspecified atom stereocenters. The molecule has 0 fully saturated rings. The summed E-state index contributed by atoms with van der Waals surface area (Å²) in [5, 5.41) is 2.11. The first kappa shape index (κ1) is 12.5. The fourth-order valence-electron chi connectivity index (χ4n) is 2.61. The van der Waals surface area contributed by atoms with Gasteiger partial charge in [-0.15, -0.1) is 11.3 Å². The highest BCUT2D eigenvalue weighted by molar-refractivity contribution is 7.10. The van der Waals surface area contributed by atoms with Gasteiger partial charge in [0.05, 0.1) is 6.04 Å². The topological polar surface area (TPSA) is 33.5 Å². The van der Waals surface area contributed by atoms with Crippen LogP contribution in [0, 0.1) is 0 Å². The number of amides is 1. The Kier molecular flexibility index (Phi) is 3.19. The van der Waals surface area contributed by atoms with E-state index in [0.29, 0.717) is 5.76 Å². The molecule has 19 heavy (non-hydrogen) atoms. The molecule has 1 aliphatic rings. The van der Waals surface area contributed by atoms with Crippen LogP contribution in [0.2, 0.25) is 0 Å². The molecule has 0 spiro atoms. The number of rotatable bonds is 2. The third-order valence-electron chi connectivity index (χ3n) is 3.76. The summed E-state index contributed by atoms with van der Waals surface area (Å²) in [5.74, 6) is 1.33. The second kappa shape index (κ2) is 4.85. The maximum absolute atomic E-state index is 12.5. The zero-order valence-corrected chi connectivity index (χ0v) is 12.0. The number of fused-ring (bicyclic) bond motifs is 1. The molecular weight excluding hydrogens is 258 g/mol.